The Labute approximate surface area is 222 Å². The molecule has 0 atom stereocenters. The maximum absolute atomic E-state index is 12.8. The summed E-state index contributed by atoms with van der Waals surface area (Å²) in [5, 5.41) is 15.6. The SMILES string of the molecule is COc1ccccc1N1CCN(C(=O)N2CC(Oc3cccc(C(F)(F)F)c3)C2)CC1.O=C(O)C=CC(=O)O. The molecule has 2 aromatic carbocycles. The first kappa shape index (κ1) is 29.1. The fraction of sp³-hybridized carbons (Fsp3) is 0.346. The third kappa shape index (κ3) is 8.28. The maximum Gasteiger partial charge on any atom is 0.416 e. The molecule has 0 spiro atoms. The molecule has 0 aromatic heterocycles. The highest BCUT2D eigenvalue weighted by molar-refractivity contribution is 5.89. The average molecular weight is 552 g/mol. The number of para-hydroxylation sites is 2. The molecule has 0 bridgehead atoms. The van der Waals surface area contributed by atoms with Crippen molar-refractivity contribution >= 4 is 23.7 Å². The van der Waals surface area contributed by atoms with Crippen molar-refractivity contribution in [3.8, 4) is 11.5 Å². The molecule has 0 saturated carbocycles. The van der Waals surface area contributed by atoms with E-state index in [4.69, 9.17) is 19.7 Å². The predicted molar refractivity (Wildman–Crippen MR) is 134 cm³/mol. The highest BCUT2D eigenvalue weighted by atomic mass is 19.4. The first-order valence-corrected chi connectivity index (χ1v) is 11.9. The van der Waals surface area contributed by atoms with Crippen LogP contribution >= 0.6 is 0 Å². The van der Waals surface area contributed by atoms with E-state index in [1.165, 1.54) is 12.1 Å². The number of halogens is 3. The third-order valence-electron chi connectivity index (χ3n) is 5.93. The number of hydrogen-bond acceptors (Lipinski definition) is 6. The van der Waals surface area contributed by atoms with E-state index in [0.29, 0.717) is 51.4 Å². The summed E-state index contributed by atoms with van der Waals surface area (Å²) in [6.45, 7) is 3.30. The molecule has 0 radical (unpaired) electrons. The zero-order valence-corrected chi connectivity index (χ0v) is 21.0. The molecule has 39 heavy (non-hydrogen) atoms. The van der Waals surface area contributed by atoms with Gasteiger partial charge in [-0.1, -0.05) is 18.2 Å². The summed E-state index contributed by atoms with van der Waals surface area (Å²) in [5.41, 5.74) is 0.265. The molecule has 0 unspecified atom stereocenters. The summed E-state index contributed by atoms with van der Waals surface area (Å²) < 4.78 is 49.5. The van der Waals surface area contributed by atoms with Gasteiger partial charge in [-0.05, 0) is 30.3 Å². The Morgan fingerprint density at radius 2 is 1.51 bits per heavy atom. The van der Waals surface area contributed by atoms with Gasteiger partial charge in [0.1, 0.15) is 17.6 Å². The lowest BCUT2D eigenvalue weighted by Gasteiger charge is -2.44. The molecule has 2 aliphatic rings. The Morgan fingerprint density at radius 3 is 2.08 bits per heavy atom. The number of nitrogens with zero attached hydrogens (tertiary/aromatic N) is 3. The van der Waals surface area contributed by atoms with Gasteiger partial charge in [0.2, 0.25) is 0 Å². The fourth-order valence-corrected chi connectivity index (χ4v) is 3.98. The number of carboxylic acid groups (broad SMARTS) is 2. The van der Waals surface area contributed by atoms with Gasteiger partial charge in [-0.25, -0.2) is 14.4 Å². The second kappa shape index (κ2) is 12.9. The van der Waals surface area contributed by atoms with Gasteiger partial charge < -0.3 is 34.4 Å². The van der Waals surface area contributed by atoms with E-state index in [1.54, 1.807) is 16.9 Å². The highest BCUT2D eigenvalue weighted by Gasteiger charge is 2.36. The summed E-state index contributed by atoms with van der Waals surface area (Å²) in [4.78, 5) is 37.5. The lowest BCUT2D eigenvalue weighted by molar-refractivity contribution is -0.137. The van der Waals surface area contributed by atoms with Crippen LogP contribution < -0.4 is 14.4 Å². The van der Waals surface area contributed by atoms with Crippen molar-refractivity contribution in [2.24, 2.45) is 0 Å². The van der Waals surface area contributed by atoms with Crippen LogP contribution in [0, 0.1) is 0 Å². The number of methoxy groups -OCH3 is 1. The summed E-state index contributed by atoms with van der Waals surface area (Å²) in [6, 6.07) is 12.5. The predicted octanol–water partition coefficient (Wildman–Crippen LogP) is 3.43. The van der Waals surface area contributed by atoms with Gasteiger partial charge in [-0.3, -0.25) is 0 Å². The number of ether oxygens (including phenoxy) is 2. The van der Waals surface area contributed by atoms with Crippen LogP contribution in [0.2, 0.25) is 0 Å². The normalized spacial score (nSPS) is 15.7. The first-order chi connectivity index (χ1) is 18.5. The molecule has 2 saturated heterocycles. The van der Waals surface area contributed by atoms with Crippen molar-refractivity contribution in [3.05, 3.63) is 66.2 Å². The Balaban J connectivity index is 0.000000459. The Bertz CT molecular complexity index is 1180. The number of carbonyl (C=O) groups excluding carboxylic acids is 1. The van der Waals surface area contributed by atoms with Crippen LogP contribution in [0.25, 0.3) is 0 Å². The van der Waals surface area contributed by atoms with Gasteiger partial charge in [0.25, 0.3) is 0 Å². The quantitative estimate of drug-likeness (QED) is 0.525. The first-order valence-electron chi connectivity index (χ1n) is 11.9. The minimum atomic E-state index is -4.41. The summed E-state index contributed by atoms with van der Waals surface area (Å²) in [7, 11) is 1.64. The average Bonchev–Trinajstić information content (AvgIpc) is 2.89. The monoisotopic (exact) mass is 551 g/mol. The molecule has 2 amide bonds. The minimum absolute atomic E-state index is 0.0661. The lowest BCUT2D eigenvalue weighted by Crippen LogP contribution is -2.61. The number of rotatable bonds is 6. The second-order valence-electron chi connectivity index (χ2n) is 8.61. The number of alkyl halides is 3. The van der Waals surface area contributed by atoms with E-state index in [1.807, 2.05) is 24.3 Å². The lowest BCUT2D eigenvalue weighted by atomic mass is 10.1. The molecular formula is C26H28F3N3O7. The van der Waals surface area contributed by atoms with Crippen LogP contribution in [0.1, 0.15) is 5.56 Å². The van der Waals surface area contributed by atoms with E-state index >= 15 is 0 Å². The maximum atomic E-state index is 12.8. The van der Waals surface area contributed by atoms with Crippen molar-refractivity contribution in [2.45, 2.75) is 12.3 Å². The number of piperazine rings is 1. The largest absolute Gasteiger partial charge is 0.495 e. The zero-order chi connectivity index (χ0) is 28.6. The van der Waals surface area contributed by atoms with Crippen LogP contribution in [-0.4, -0.2) is 90.5 Å². The van der Waals surface area contributed by atoms with Gasteiger partial charge in [-0.15, -0.1) is 0 Å². The molecule has 2 fully saturated rings. The van der Waals surface area contributed by atoms with Crippen LogP contribution in [0.5, 0.6) is 11.5 Å². The number of carbonyl (C=O) groups is 3. The minimum Gasteiger partial charge on any atom is -0.495 e. The smallest absolute Gasteiger partial charge is 0.416 e. The van der Waals surface area contributed by atoms with Crippen molar-refractivity contribution < 1.29 is 47.2 Å². The third-order valence-corrected chi connectivity index (χ3v) is 5.93. The van der Waals surface area contributed by atoms with Crippen molar-refractivity contribution in [3.63, 3.8) is 0 Å². The molecule has 2 aliphatic heterocycles. The number of urea groups is 1. The molecular weight excluding hydrogens is 523 g/mol. The number of benzene rings is 2. The van der Waals surface area contributed by atoms with Crippen LogP contribution in [0.4, 0.5) is 23.7 Å². The van der Waals surface area contributed by atoms with Crippen LogP contribution in [-0.2, 0) is 15.8 Å². The number of anilines is 1. The van der Waals surface area contributed by atoms with Crippen LogP contribution in [0.3, 0.4) is 0 Å². The molecule has 0 aliphatic carbocycles. The summed E-state index contributed by atoms with van der Waals surface area (Å²) in [6.07, 6.45) is -3.60. The van der Waals surface area contributed by atoms with Gasteiger partial charge in [0, 0.05) is 38.3 Å². The van der Waals surface area contributed by atoms with E-state index < -0.39 is 23.7 Å². The topological polar surface area (TPSA) is 120 Å². The van der Waals surface area contributed by atoms with Gasteiger partial charge in [-0.2, -0.15) is 13.2 Å². The number of carboxylic acids is 2. The number of amides is 2. The van der Waals surface area contributed by atoms with E-state index in [0.717, 1.165) is 23.6 Å². The Hall–Kier alpha value is -4.42. The van der Waals surface area contributed by atoms with Gasteiger partial charge in [0.15, 0.2) is 0 Å². The van der Waals surface area contributed by atoms with Gasteiger partial charge in [0.05, 0.1) is 31.5 Å². The standard InChI is InChI=1S/C22H24F3N3O3.C4H4O4/c1-30-20-8-3-2-7-19(20)26-9-11-27(12-10-26)21(29)28-14-18(15-28)31-17-6-4-5-16(13-17)22(23,24)25;5-3(6)1-2-4(7)8/h2-8,13,18H,9-12,14-15H2,1H3;1-2H,(H,5,6)(H,7,8). The van der Waals surface area contributed by atoms with Crippen LogP contribution in [0.15, 0.2) is 60.7 Å². The highest BCUT2D eigenvalue weighted by Crippen LogP contribution is 2.32. The Kier molecular flexibility index (Phi) is 9.63. The number of likely N-dealkylation sites (tertiary alicyclic amines) is 1. The molecule has 2 heterocycles. The molecule has 210 valence electrons. The summed E-state index contributed by atoms with van der Waals surface area (Å²) in [5.74, 6) is -1.54. The molecule has 2 N–H and O–H groups in total. The summed E-state index contributed by atoms with van der Waals surface area (Å²) >= 11 is 0. The number of hydrogen-bond donors (Lipinski definition) is 2. The van der Waals surface area contributed by atoms with Crippen molar-refractivity contribution in [2.75, 3.05) is 51.3 Å². The molecule has 2 aromatic rings. The number of aliphatic carboxylic acids is 2. The van der Waals surface area contributed by atoms with Crippen molar-refractivity contribution in [1.29, 1.82) is 0 Å². The van der Waals surface area contributed by atoms with E-state index in [-0.39, 0.29) is 17.9 Å². The Morgan fingerprint density at radius 1 is 0.897 bits per heavy atom. The molecule has 13 heteroatoms. The van der Waals surface area contributed by atoms with E-state index in [2.05, 4.69) is 4.90 Å². The molecule has 4 rings (SSSR count). The van der Waals surface area contributed by atoms with Crippen molar-refractivity contribution in [1.82, 2.24) is 9.80 Å². The molecule has 10 nitrogen and oxygen atoms in total. The van der Waals surface area contributed by atoms with E-state index in [9.17, 15) is 27.6 Å². The van der Waals surface area contributed by atoms with Gasteiger partial charge >= 0.3 is 24.1 Å². The fourth-order valence-electron chi connectivity index (χ4n) is 3.98. The second-order valence-corrected chi connectivity index (χ2v) is 8.61. The zero-order valence-electron chi connectivity index (χ0n) is 21.0.